The van der Waals surface area contributed by atoms with Gasteiger partial charge in [0.25, 0.3) is 0 Å². The summed E-state index contributed by atoms with van der Waals surface area (Å²) in [6, 6.07) is 0.238. The highest BCUT2D eigenvalue weighted by atomic mass is 32.1. The Hall–Kier alpha value is -0.450. The average Bonchev–Trinajstić information content (AvgIpc) is 2.95. The molecule has 90 valence electrons. The first kappa shape index (κ1) is 12.0. The lowest BCUT2D eigenvalue weighted by molar-refractivity contribution is 0.106. The summed E-state index contributed by atoms with van der Waals surface area (Å²) in [6.45, 7) is 2.78. The zero-order valence-corrected chi connectivity index (χ0v) is 10.5. The molecule has 2 atom stereocenters. The molecule has 2 N–H and O–H groups in total. The molecule has 0 aromatic carbocycles. The van der Waals surface area contributed by atoms with Gasteiger partial charge in [-0.2, -0.15) is 0 Å². The minimum absolute atomic E-state index is 0.191. The van der Waals surface area contributed by atoms with Crippen molar-refractivity contribution in [3.8, 4) is 0 Å². The number of rotatable bonds is 5. The Bertz CT molecular complexity index is 296. The molecule has 1 heterocycles. The average molecular weight is 240 g/mol. The number of thiazole rings is 1. The number of nitrogens with one attached hydrogen (secondary N) is 1. The monoisotopic (exact) mass is 240 g/mol. The summed E-state index contributed by atoms with van der Waals surface area (Å²) in [5, 5.41) is 15.4. The number of aromatic nitrogens is 1. The van der Waals surface area contributed by atoms with Crippen molar-refractivity contribution in [2.45, 2.75) is 44.8 Å². The molecule has 0 aliphatic heterocycles. The quantitative estimate of drug-likeness (QED) is 0.830. The maximum atomic E-state index is 10.0. The van der Waals surface area contributed by atoms with Crippen molar-refractivity contribution in [2.75, 3.05) is 6.54 Å². The van der Waals surface area contributed by atoms with Gasteiger partial charge < -0.3 is 10.4 Å². The predicted octanol–water partition coefficient (Wildman–Crippen LogP) is 2.34. The SMILES string of the molecule is CC(NCC(O)C1CCCC1)c1cscn1. The second-order valence-corrected chi connectivity index (χ2v) is 5.37. The van der Waals surface area contributed by atoms with Gasteiger partial charge in [0.2, 0.25) is 0 Å². The summed E-state index contributed by atoms with van der Waals surface area (Å²) in [5.41, 5.74) is 2.92. The molecular formula is C12H20N2OS. The van der Waals surface area contributed by atoms with Crippen LogP contribution in [0, 0.1) is 5.92 Å². The minimum atomic E-state index is -0.191. The third kappa shape index (κ3) is 3.03. The molecule has 1 saturated carbocycles. The number of nitrogens with zero attached hydrogens (tertiary/aromatic N) is 1. The fraction of sp³-hybridized carbons (Fsp3) is 0.750. The van der Waals surface area contributed by atoms with E-state index in [1.165, 1.54) is 25.7 Å². The molecule has 16 heavy (non-hydrogen) atoms. The van der Waals surface area contributed by atoms with Crippen molar-refractivity contribution in [3.63, 3.8) is 0 Å². The fourth-order valence-electron chi connectivity index (χ4n) is 2.35. The third-order valence-electron chi connectivity index (χ3n) is 3.47. The first-order chi connectivity index (χ1) is 7.77. The molecule has 2 unspecified atom stereocenters. The van der Waals surface area contributed by atoms with Crippen LogP contribution in [0.4, 0.5) is 0 Å². The molecule has 1 aromatic rings. The predicted molar refractivity (Wildman–Crippen MR) is 66.5 cm³/mol. The van der Waals surface area contributed by atoms with Gasteiger partial charge in [0.15, 0.2) is 0 Å². The Kier molecular flexibility index (Phi) is 4.32. The lowest BCUT2D eigenvalue weighted by Crippen LogP contribution is -2.33. The zero-order valence-electron chi connectivity index (χ0n) is 9.72. The summed E-state index contributed by atoms with van der Waals surface area (Å²) in [5.74, 6) is 0.509. The lowest BCUT2D eigenvalue weighted by Gasteiger charge is -2.20. The number of aliphatic hydroxyl groups is 1. The van der Waals surface area contributed by atoms with Crippen LogP contribution in [0.1, 0.15) is 44.3 Å². The van der Waals surface area contributed by atoms with E-state index in [1.54, 1.807) is 11.3 Å². The van der Waals surface area contributed by atoms with E-state index in [1.807, 2.05) is 5.51 Å². The highest BCUT2D eigenvalue weighted by Gasteiger charge is 2.23. The molecule has 1 fully saturated rings. The fourth-order valence-corrected chi connectivity index (χ4v) is 2.99. The van der Waals surface area contributed by atoms with E-state index in [-0.39, 0.29) is 12.1 Å². The van der Waals surface area contributed by atoms with Crippen molar-refractivity contribution in [1.82, 2.24) is 10.3 Å². The van der Waals surface area contributed by atoms with Crippen LogP contribution >= 0.6 is 11.3 Å². The van der Waals surface area contributed by atoms with Crippen LogP contribution in [0.25, 0.3) is 0 Å². The first-order valence-electron chi connectivity index (χ1n) is 6.07. The molecule has 0 radical (unpaired) electrons. The van der Waals surface area contributed by atoms with Crippen molar-refractivity contribution < 1.29 is 5.11 Å². The van der Waals surface area contributed by atoms with Crippen molar-refractivity contribution >= 4 is 11.3 Å². The van der Waals surface area contributed by atoms with Crippen LogP contribution < -0.4 is 5.32 Å². The van der Waals surface area contributed by atoms with Gasteiger partial charge in [-0.1, -0.05) is 12.8 Å². The smallest absolute Gasteiger partial charge is 0.0795 e. The van der Waals surface area contributed by atoms with Crippen LogP contribution in [0.3, 0.4) is 0 Å². The Morgan fingerprint density at radius 3 is 2.94 bits per heavy atom. The van der Waals surface area contributed by atoms with E-state index in [9.17, 15) is 5.11 Å². The molecule has 2 rings (SSSR count). The van der Waals surface area contributed by atoms with Gasteiger partial charge in [0.1, 0.15) is 0 Å². The third-order valence-corrected chi connectivity index (χ3v) is 4.08. The van der Waals surface area contributed by atoms with E-state index in [0.29, 0.717) is 12.5 Å². The van der Waals surface area contributed by atoms with Gasteiger partial charge in [-0.15, -0.1) is 11.3 Å². The Morgan fingerprint density at radius 1 is 1.56 bits per heavy atom. The number of hydrogen-bond acceptors (Lipinski definition) is 4. The first-order valence-corrected chi connectivity index (χ1v) is 7.01. The highest BCUT2D eigenvalue weighted by molar-refractivity contribution is 7.07. The molecule has 0 saturated heterocycles. The van der Waals surface area contributed by atoms with Crippen molar-refractivity contribution in [2.24, 2.45) is 5.92 Å². The van der Waals surface area contributed by atoms with Crippen LogP contribution in [-0.2, 0) is 0 Å². The van der Waals surface area contributed by atoms with Gasteiger partial charge in [-0.3, -0.25) is 0 Å². The van der Waals surface area contributed by atoms with Crippen molar-refractivity contribution in [1.29, 1.82) is 0 Å². The largest absolute Gasteiger partial charge is 0.392 e. The number of hydrogen-bond donors (Lipinski definition) is 2. The highest BCUT2D eigenvalue weighted by Crippen LogP contribution is 2.27. The lowest BCUT2D eigenvalue weighted by atomic mass is 10.0. The molecule has 0 amide bonds. The van der Waals surface area contributed by atoms with E-state index in [0.717, 1.165) is 5.69 Å². The minimum Gasteiger partial charge on any atom is -0.392 e. The summed E-state index contributed by atoms with van der Waals surface area (Å²) in [4.78, 5) is 4.27. The Morgan fingerprint density at radius 2 is 2.31 bits per heavy atom. The molecule has 0 bridgehead atoms. The second kappa shape index (κ2) is 5.75. The summed E-state index contributed by atoms with van der Waals surface area (Å²) in [6.07, 6.45) is 4.75. The maximum absolute atomic E-state index is 10.0. The van der Waals surface area contributed by atoms with Gasteiger partial charge >= 0.3 is 0 Å². The van der Waals surface area contributed by atoms with E-state index >= 15 is 0 Å². The Labute approximate surface area is 101 Å². The van der Waals surface area contributed by atoms with Gasteiger partial charge in [0, 0.05) is 18.0 Å². The van der Waals surface area contributed by atoms with Crippen LogP contribution in [0.15, 0.2) is 10.9 Å². The van der Waals surface area contributed by atoms with Crippen LogP contribution in [0.5, 0.6) is 0 Å². The second-order valence-electron chi connectivity index (χ2n) is 4.66. The number of aliphatic hydroxyl groups excluding tert-OH is 1. The molecule has 1 aliphatic carbocycles. The van der Waals surface area contributed by atoms with Crippen LogP contribution in [-0.4, -0.2) is 22.7 Å². The summed E-state index contributed by atoms with van der Waals surface area (Å²) >= 11 is 1.61. The van der Waals surface area contributed by atoms with Gasteiger partial charge in [0.05, 0.1) is 17.3 Å². The molecule has 1 aliphatic rings. The zero-order chi connectivity index (χ0) is 11.4. The summed E-state index contributed by atoms with van der Waals surface area (Å²) < 4.78 is 0. The molecular weight excluding hydrogens is 220 g/mol. The van der Waals surface area contributed by atoms with Crippen molar-refractivity contribution in [3.05, 3.63) is 16.6 Å². The molecule has 4 heteroatoms. The van der Waals surface area contributed by atoms with Gasteiger partial charge in [-0.05, 0) is 25.7 Å². The Balaban J connectivity index is 1.74. The van der Waals surface area contributed by atoms with E-state index in [2.05, 4.69) is 22.6 Å². The van der Waals surface area contributed by atoms with Gasteiger partial charge in [-0.25, -0.2) is 4.98 Å². The van der Waals surface area contributed by atoms with E-state index < -0.39 is 0 Å². The molecule has 0 spiro atoms. The topological polar surface area (TPSA) is 45.1 Å². The maximum Gasteiger partial charge on any atom is 0.0795 e. The van der Waals surface area contributed by atoms with Crippen LogP contribution in [0.2, 0.25) is 0 Å². The van der Waals surface area contributed by atoms with E-state index in [4.69, 9.17) is 0 Å². The molecule has 1 aromatic heterocycles. The summed E-state index contributed by atoms with van der Waals surface area (Å²) in [7, 11) is 0. The normalized spacial score (nSPS) is 21.1. The molecule has 3 nitrogen and oxygen atoms in total. The standard InChI is InChI=1S/C12H20N2OS/c1-9(11-7-16-8-14-11)13-6-12(15)10-4-2-3-5-10/h7-10,12-13,15H,2-6H2,1H3.